The molecule has 5 nitrogen and oxygen atoms in total. The van der Waals surface area contributed by atoms with Gasteiger partial charge in [-0.1, -0.05) is 110 Å². The summed E-state index contributed by atoms with van der Waals surface area (Å²) in [4.78, 5) is 7.86. The van der Waals surface area contributed by atoms with Crippen molar-refractivity contribution in [2.75, 3.05) is 52.4 Å². The lowest BCUT2D eigenvalue weighted by Crippen LogP contribution is -2.57. The molecular formula is C51H107N5. The van der Waals surface area contributed by atoms with Gasteiger partial charge in [0, 0.05) is 61.4 Å². The molecule has 4 fully saturated rings. The number of nitrogens with zero attached hydrogens (tertiary/aromatic N) is 3. The highest BCUT2D eigenvalue weighted by Gasteiger charge is 2.50. The first-order valence-electron chi connectivity index (χ1n) is 23.6. The van der Waals surface area contributed by atoms with Crippen LogP contribution in [0.1, 0.15) is 211 Å². The number of piperidine rings is 3. The quantitative estimate of drug-likeness (QED) is 0.255. The van der Waals surface area contributed by atoms with E-state index in [0.717, 1.165) is 12.0 Å². The topological polar surface area (TPSA) is 33.8 Å². The van der Waals surface area contributed by atoms with E-state index in [4.69, 9.17) is 0 Å². The summed E-state index contributed by atoms with van der Waals surface area (Å²) in [6, 6.07) is 1.44. The first-order valence-corrected chi connectivity index (χ1v) is 23.6. The van der Waals surface area contributed by atoms with Crippen molar-refractivity contribution in [2.24, 2.45) is 38.4 Å². The van der Waals surface area contributed by atoms with E-state index in [2.05, 4.69) is 192 Å². The second-order valence-corrected chi connectivity index (χ2v) is 26.8. The third-order valence-electron chi connectivity index (χ3n) is 14.3. The SMILES string of the molecule is CC(C)(C)C1(C(C)(C)C)CCCNC1.CC(C)(C)C1CCCCN1C(C)(C)C.CC(C)(C)C1CCCNC1C(C)(C)C.CC(C)(C)N1CCN(C(C)(C)C)CC1. The fraction of sp³-hybridized carbons (Fsp3) is 1.00. The molecule has 336 valence electrons. The molecule has 4 aliphatic rings. The molecule has 0 amide bonds. The van der Waals surface area contributed by atoms with Crippen LogP contribution < -0.4 is 10.6 Å². The smallest absolute Gasteiger partial charge is 0.0149 e. The highest BCUT2D eigenvalue weighted by molar-refractivity contribution is 5.02. The van der Waals surface area contributed by atoms with Crippen molar-refractivity contribution < 1.29 is 0 Å². The van der Waals surface area contributed by atoms with Gasteiger partial charge in [0.1, 0.15) is 0 Å². The molecule has 2 N–H and O–H groups in total. The lowest BCUT2D eigenvalue weighted by Gasteiger charge is -2.56. The second-order valence-electron chi connectivity index (χ2n) is 26.8. The summed E-state index contributed by atoms with van der Waals surface area (Å²) >= 11 is 0. The molecule has 5 heteroatoms. The van der Waals surface area contributed by atoms with E-state index in [0.29, 0.717) is 55.1 Å². The minimum absolute atomic E-state index is 0.332. The van der Waals surface area contributed by atoms with Crippen LogP contribution in [0.5, 0.6) is 0 Å². The maximum atomic E-state index is 3.72. The molecule has 56 heavy (non-hydrogen) atoms. The largest absolute Gasteiger partial charge is 0.316 e. The Morgan fingerprint density at radius 1 is 0.446 bits per heavy atom. The number of nitrogens with one attached hydrogen (secondary N) is 2. The van der Waals surface area contributed by atoms with E-state index >= 15 is 0 Å². The molecule has 0 bridgehead atoms. The molecule has 0 aromatic rings. The van der Waals surface area contributed by atoms with Gasteiger partial charge < -0.3 is 10.6 Å². The zero-order valence-electron chi connectivity index (χ0n) is 43.2. The van der Waals surface area contributed by atoms with Gasteiger partial charge >= 0.3 is 0 Å². The Labute approximate surface area is 354 Å². The van der Waals surface area contributed by atoms with Gasteiger partial charge in [-0.3, -0.25) is 14.7 Å². The highest BCUT2D eigenvalue weighted by Crippen LogP contribution is 2.55. The van der Waals surface area contributed by atoms with Crippen molar-refractivity contribution in [1.29, 1.82) is 0 Å². The monoisotopic (exact) mass is 790 g/mol. The third-order valence-corrected chi connectivity index (χ3v) is 14.3. The van der Waals surface area contributed by atoms with E-state index in [1.165, 1.54) is 97.3 Å². The Hall–Kier alpha value is -0.200. The van der Waals surface area contributed by atoms with Crippen LogP contribution in [-0.2, 0) is 0 Å². The number of piperazine rings is 1. The minimum atomic E-state index is 0.332. The summed E-state index contributed by atoms with van der Waals surface area (Å²) in [5.41, 5.74) is 3.47. The van der Waals surface area contributed by atoms with E-state index in [1.54, 1.807) is 0 Å². The van der Waals surface area contributed by atoms with Gasteiger partial charge in [0.05, 0.1) is 0 Å². The minimum Gasteiger partial charge on any atom is -0.316 e. The predicted molar refractivity (Wildman–Crippen MR) is 253 cm³/mol. The molecule has 3 unspecified atom stereocenters. The summed E-state index contributed by atoms with van der Waals surface area (Å²) in [6.45, 7) is 66.3. The van der Waals surface area contributed by atoms with Gasteiger partial charge in [-0.25, -0.2) is 0 Å². The van der Waals surface area contributed by atoms with Gasteiger partial charge in [0.15, 0.2) is 0 Å². The Kier molecular flexibility index (Phi) is 19.3. The molecule has 0 aromatic heterocycles. The zero-order valence-corrected chi connectivity index (χ0v) is 43.2. The van der Waals surface area contributed by atoms with Gasteiger partial charge in [0.2, 0.25) is 0 Å². The number of likely N-dealkylation sites (tertiary alicyclic amines) is 1. The van der Waals surface area contributed by atoms with Crippen molar-refractivity contribution in [3.63, 3.8) is 0 Å². The molecule has 4 rings (SSSR count). The van der Waals surface area contributed by atoms with Crippen LogP contribution in [0.4, 0.5) is 0 Å². The van der Waals surface area contributed by atoms with Crippen LogP contribution >= 0.6 is 0 Å². The van der Waals surface area contributed by atoms with Crippen LogP contribution in [0.2, 0.25) is 0 Å². The maximum absolute atomic E-state index is 3.72. The highest BCUT2D eigenvalue weighted by atomic mass is 15.3. The van der Waals surface area contributed by atoms with Crippen LogP contribution in [0, 0.1) is 38.4 Å². The van der Waals surface area contributed by atoms with Gasteiger partial charge in [-0.2, -0.15) is 0 Å². The van der Waals surface area contributed by atoms with Crippen LogP contribution in [0.3, 0.4) is 0 Å². The lowest BCUT2D eigenvalue weighted by atomic mass is 9.51. The van der Waals surface area contributed by atoms with E-state index in [1.807, 2.05) is 0 Å². The molecular weight excluding hydrogens is 683 g/mol. The molecule has 0 aliphatic carbocycles. The average Bonchev–Trinajstić information content (AvgIpc) is 3.03. The van der Waals surface area contributed by atoms with E-state index in [-0.39, 0.29) is 0 Å². The molecule has 0 aromatic carbocycles. The Balaban J connectivity index is 0.000000373. The first-order chi connectivity index (χ1) is 24.9. The fourth-order valence-corrected chi connectivity index (χ4v) is 10.7. The zero-order chi connectivity index (χ0) is 44.0. The van der Waals surface area contributed by atoms with Crippen molar-refractivity contribution in [2.45, 2.75) is 240 Å². The van der Waals surface area contributed by atoms with Crippen LogP contribution in [0.25, 0.3) is 0 Å². The number of rotatable bonds is 0. The Bertz CT molecular complexity index is 959. The van der Waals surface area contributed by atoms with Crippen molar-refractivity contribution in [3.8, 4) is 0 Å². The molecule has 0 saturated carbocycles. The van der Waals surface area contributed by atoms with Crippen molar-refractivity contribution in [3.05, 3.63) is 0 Å². The summed E-state index contributed by atoms with van der Waals surface area (Å²) in [6.07, 6.45) is 9.59. The lowest BCUT2D eigenvalue weighted by molar-refractivity contribution is -0.0515. The van der Waals surface area contributed by atoms with Crippen LogP contribution in [-0.4, -0.2) is 95.8 Å². The summed E-state index contributed by atoms with van der Waals surface area (Å²) in [5.74, 6) is 0.816. The summed E-state index contributed by atoms with van der Waals surface area (Å²) in [5, 5.41) is 7.30. The summed E-state index contributed by atoms with van der Waals surface area (Å²) in [7, 11) is 0. The van der Waals surface area contributed by atoms with Crippen molar-refractivity contribution >= 4 is 0 Å². The third kappa shape index (κ3) is 16.3. The maximum Gasteiger partial charge on any atom is 0.0149 e. The summed E-state index contributed by atoms with van der Waals surface area (Å²) < 4.78 is 0. The molecule has 3 atom stereocenters. The van der Waals surface area contributed by atoms with E-state index < -0.39 is 0 Å². The van der Waals surface area contributed by atoms with Gasteiger partial charge in [-0.15, -0.1) is 0 Å². The van der Waals surface area contributed by atoms with Gasteiger partial charge in [0.25, 0.3) is 0 Å². The normalized spacial score (nSPS) is 25.8. The fourth-order valence-electron chi connectivity index (χ4n) is 10.7. The molecule has 0 spiro atoms. The van der Waals surface area contributed by atoms with Crippen molar-refractivity contribution in [1.82, 2.24) is 25.3 Å². The first kappa shape index (κ1) is 53.8. The molecule has 4 saturated heterocycles. The van der Waals surface area contributed by atoms with Gasteiger partial charge in [-0.05, 0) is 159 Å². The van der Waals surface area contributed by atoms with Crippen LogP contribution in [0.15, 0.2) is 0 Å². The Morgan fingerprint density at radius 2 is 0.911 bits per heavy atom. The average molecular weight is 790 g/mol. The van der Waals surface area contributed by atoms with E-state index in [9.17, 15) is 0 Å². The predicted octanol–water partition coefficient (Wildman–Crippen LogP) is 12.8. The second kappa shape index (κ2) is 20.1. The number of hydrogen-bond acceptors (Lipinski definition) is 5. The molecule has 0 radical (unpaired) electrons. The Morgan fingerprint density at radius 3 is 1.18 bits per heavy atom. The molecule has 4 aliphatic heterocycles. The molecule has 4 heterocycles. The number of hydrogen-bond donors (Lipinski definition) is 2. The standard InChI is InChI=1S/3C13H27N.C12H26N2/c1-11(2,3)13(12(4,5)6)8-7-9-14-10-13;1-12(2,3)10-8-7-9-14-11(10)13(4,5)6;1-12(2,3)11-9-7-8-10-14(11)13(4,5)6;1-11(2,3)13-7-9-14(10-8-13)12(4,5)6/h14H,7-10H2,1-6H3;10-11,14H,7-9H2,1-6H3;11H,7-10H2,1-6H3;7-10H2,1-6H3.